The minimum atomic E-state index is -0.889. The second kappa shape index (κ2) is 3.84. The molecule has 1 aliphatic heterocycles. The van der Waals surface area contributed by atoms with Crippen LogP contribution in [0.2, 0.25) is 5.22 Å². The van der Waals surface area contributed by atoms with E-state index in [4.69, 9.17) is 16.0 Å². The Morgan fingerprint density at radius 3 is 2.53 bits per heavy atom. The van der Waals surface area contributed by atoms with Gasteiger partial charge in [0, 0.05) is 13.1 Å². The van der Waals surface area contributed by atoms with Crippen LogP contribution in [0.1, 0.15) is 10.4 Å². The Balaban J connectivity index is 2.13. The van der Waals surface area contributed by atoms with Crippen molar-refractivity contribution in [2.24, 2.45) is 0 Å². The third-order valence-corrected chi connectivity index (χ3v) is 2.69. The van der Waals surface area contributed by atoms with Gasteiger partial charge in [-0.2, -0.15) is 0 Å². The second-order valence-electron chi connectivity index (χ2n) is 3.45. The number of aliphatic hydroxyl groups excluding tert-OH is 2. The monoisotopic (exact) mass is 231 g/mol. The highest BCUT2D eigenvalue weighted by Crippen LogP contribution is 2.21. The van der Waals surface area contributed by atoms with E-state index in [1.165, 1.54) is 17.2 Å². The number of hydrogen-bond acceptors (Lipinski definition) is 4. The summed E-state index contributed by atoms with van der Waals surface area (Å²) in [6.07, 6.45) is -0.461. The van der Waals surface area contributed by atoms with Crippen molar-refractivity contribution in [1.29, 1.82) is 0 Å². The van der Waals surface area contributed by atoms with Gasteiger partial charge >= 0.3 is 0 Å². The summed E-state index contributed by atoms with van der Waals surface area (Å²) < 4.78 is 4.79. The van der Waals surface area contributed by atoms with Crippen LogP contribution in [-0.4, -0.2) is 46.3 Å². The molecule has 0 aromatic carbocycles. The fraction of sp³-hybridized carbons (Fsp3) is 0.444. The first kappa shape index (κ1) is 10.5. The van der Waals surface area contributed by atoms with Crippen LogP contribution in [0.5, 0.6) is 0 Å². The molecule has 0 saturated carbocycles. The minimum absolute atomic E-state index is 0.0240. The van der Waals surface area contributed by atoms with Crippen LogP contribution < -0.4 is 0 Å². The van der Waals surface area contributed by atoms with Crippen LogP contribution in [0.3, 0.4) is 0 Å². The van der Waals surface area contributed by atoms with E-state index in [1.54, 1.807) is 0 Å². The lowest BCUT2D eigenvalue weighted by Gasteiger charge is -2.13. The molecule has 0 radical (unpaired) electrons. The molecule has 2 heterocycles. The van der Waals surface area contributed by atoms with E-state index in [0.717, 1.165) is 0 Å². The highest BCUT2D eigenvalue weighted by Gasteiger charge is 2.34. The molecule has 2 rings (SSSR count). The molecule has 0 spiro atoms. The molecular weight excluding hydrogens is 222 g/mol. The van der Waals surface area contributed by atoms with Crippen molar-refractivity contribution in [3.8, 4) is 0 Å². The molecule has 0 aliphatic carbocycles. The number of carbonyl (C=O) groups excluding carboxylic acids is 1. The molecule has 2 atom stereocenters. The molecule has 1 amide bonds. The van der Waals surface area contributed by atoms with Gasteiger partial charge in [-0.3, -0.25) is 4.79 Å². The number of nitrogens with zero attached hydrogens (tertiary/aromatic N) is 1. The van der Waals surface area contributed by atoms with E-state index in [-0.39, 0.29) is 29.8 Å². The summed E-state index contributed by atoms with van der Waals surface area (Å²) in [5, 5.41) is 18.6. The van der Waals surface area contributed by atoms with Crippen molar-refractivity contribution in [3.05, 3.63) is 23.1 Å². The maximum Gasteiger partial charge on any atom is 0.258 e. The molecule has 0 bridgehead atoms. The Morgan fingerprint density at radius 2 is 2.07 bits per heavy atom. The number of rotatable bonds is 1. The molecule has 15 heavy (non-hydrogen) atoms. The first-order valence-corrected chi connectivity index (χ1v) is 4.86. The second-order valence-corrected chi connectivity index (χ2v) is 3.80. The summed E-state index contributed by atoms with van der Waals surface area (Å²) in [7, 11) is 0. The number of furan rings is 1. The first-order valence-electron chi connectivity index (χ1n) is 4.48. The van der Waals surface area contributed by atoms with Gasteiger partial charge in [0.1, 0.15) is 0 Å². The van der Waals surface area contributed by atoms with Crippen molar-refractivity contribution in [3.63, 3.8) is 0 Å². The molecule has 1 aromatic heterocycles. The largest absolute Gasteiger partial charge is 0.452 e. The topological polar surface area (TPSA) is 73.9 Å². The standard InChI is InChI=1S/C9H10ClNO4/c10-8-5(1-2-15-8)9(14)11-3-6(12)7(13)4-11/h1-2,6-7,12-13H,3-4H2/t6-,7+. The zero-order valence-corrected chi connectivity index (χ0v) is 8.52. The molecular formula is C9H10ClNO4. The fourth-order valence-electron chi connectivity index (χ4n) is 1.55. The maximum atomic E-state index is 11.8. The Bertz CT molecular complexity index is 368. The predicted molar refractivity (Wildman–Crippen MR) is 51.6 cm³/mol. The summed E-state index contributed by atoms with van der Waals surface area (Å²) >= 11 is 5.65. The number of amides is 1. The summed E-state index contributed by atoms with van der Waals surface area (Å²) in [5.41, 5.74) is 0.248. The quantitative estimate of drug-likeness (QED) is 0.720. The molecule has 5 nitrogen and oxygen atoms in total. The van der Waals surface area contributed by atoms with E-state index in [2.05, 4.69) is 0 Å². The third-order valence-electron chi connectivity index (χ3n) is 2.39. The van der Waals surface area contributed by atoms with Gasteiger partial charge < -0.3 is 19.5 Å². The zero-order valence-electron chi connectivity index (χ0n) is 7.76. The third kappa shape index (κ3) is 1.86. The molecule has 1 fully saturated rings. The van der Waals surface area contributed by atoms with Crippen molar-refractivity contribution in [1.82, 2.24) is 4.90 Å². The Kier molecular flexibility index (Phi) is 2.68. The highest BCUT2D eigenvalue weighted by atomic mass is 35.5. The number of hydrogen-bond donors (Lipinski definition) is 2. The average molecular weight is 232 g/mol. The lowest BCUT2D eigenvalue weighted by Crippen LogP contribution is -2.29. The van der Waals surface area contributed by atoms with Crippen molar-refractivity contribution in [2.75, 3.05) is 13.1 Å². The molecule has 2 N–H and O–H groups in total. The molecule has 82 valence electrons. The van der Waals surface area contributed by atoms with Crippen LogP contribution in [0.25, 0.3) is 0 Å². The fourth-order valence-corrected chi connectivity index (χ4v) is 1.75. The van der Waals surface area contributed by atoms with Crippen molar-refractivity contribution in [2.45, 2.75) is 12.2 Å². The highest BCUT2D eigenvalue weighted by molar-refractivity contribution is 6.32. The molecule has 1 aromatic rings. The summed E-state index contributed by atoms with van der Waals surface area (Å²) in [6.45, 7) is 0.225. The van der Waals surface area contributed by atoms with Gasteiger partial charge in [0.2, 0.25) is 5.22 Å². The molecule has 6 heteroatoms. The SMILES string of the molecule is O=C(c1ccoc1Cl)N1C[C@@H](O)[C@@H](O)C1. The maximum absolute atomic E-state index is 11.8. The lowest BCUT2D eigenvalue weighted by molar-refractivity contribution is 0.0572. The number of likely N-dealkylation sites (tertiary alicyclic amines) is 1. The summed E-state index contributed by atoms with van der Waals surface area (Å²) in [6, 6.07) is 1.46. The van der Waals surface area contributed by atoms with Crippen LogP contribution >= 0.6 is 11.6 Å². The number of β-amino-alcohol motifs (C(OH)–C–C–N with tert-alkyl or cyclic N) is 2. The van der Waals surface area contributed by atoms with E-state index in [9.17, 15) is 15.0 Å². The van der Waals surface area contributed by atoms with Gasteiger partial charge in [-0.1, -0.05) is 0 Å². The first-order chi connectivity index (χ1) is 7.09. The number of halogens is 1. The van der Waals surface area contributed by atoms with Gasteiger partial charge in [-0.15, -0.1) is 0 Å². The van der Waals surface area contributed by atoms with Gasteiger partial charge in [0.25, 0.3) is 5.91 Å². The molecule has 1 saturated heterocycles. The molecule has 1 aliphatic rings. The molecule has 0 unspecified atom stereocenters. The van der Waals surface area contributed by atoms with Crippen molar-refractivity contribution >= 4 is 17.5 Å². The van der Waals surface area contributed by atoms with E-state index >= 15 is 0 Å². The lowest BCUT2D eigenvalue weighted by atomic mass is 10.3. The van der Waals surface area contributed by atoms with Gasteiger partial charge in [-0.25, -0.2) is 0 Å². The van der Waals surface area contributed by atoms with Gasteiger partial charge in [-0.05, 0) is 17.7 Å². The van der Waals surface area contributed by atoms with Crippen LogP contribution in [-0.2, 0) is 0 Å². The van der Waals surface area contributed by atoms with Crippen LogP contribution in [0, 0.1) is 0 Å². The van der Waals surface area contributed by atoms with Crippen molar-refractivity contribution < 1.29 is 19.4 Å². The van der Waals surface area contributed by atoms with Gasteiger partial charge in [0.05, 0.1) is 24.0 Å². The Morgan fingerprint density at radius 1 is 1.47 bits per heavy atom. The summed E-state index contributed by atoms with van der Waals surface area (Å²) in [4.78, 5) is 13.1. The number of aliphatic hydroxyl groups is 2. The number of carbonyl (C=O) groups is 1. The van der Waals surface area contributed by atoms with E-state index < -0.39 is 12.2 Å². The van der Waals surface area contributed by atoms with E-state index in [0.29, 0.717) is 0 Å². The minimum Gasteiger partial charge on any atom is -0.452 e. The predicted octanol–water partition coefficient (Wildman–Crippen LogP) is 0.111. The van der Waals surface area contributed by atoms with Crippen LogP contribution in [0.4, 0.5) is 0 Å². The summed E-state index contributed by atoms with van der Waals surface area (Å²) in [5.74, 6) is -0.343. The van der Waals surface area contributed by atoms with E-state index in [1.807, 2.05) is 0 Å². The Hall–Kier alpha value is -1.04. The van der Waals surface area contributed by atoms with Gasteiger partial charge in [0.15, 0.2) is 0 Å². The van der Waals surface area contributed by atoms with Crippen LogP contribution in [0.15, 0.2) is 16.7 Å². The smallest absolute Gasteiger partial charge is 0.258 e. The Labute approximate surface area is 90.9 Å². The zero-order chi connectivity index (χ0) is 11.0. The normalized spacial score (nSPS) is 25.9. The average Bonchev–Trinajstić information content (AvgIpc) is 2.74.